The molecule has 0 spiro atoms. The molecule has 104 valence electrons. The summed E-state index contributed by atoms with van der Waals surface area (Å²) in [6.45, 7) is 3.18. The van der Waals surface area contributed by atoms with Crippen LogP contribution in [0.1, 0.15) is 13.3 Å². The van der Waals surface area contributed by atoms with Gasteiger partial charge in [0.05, 0.1) is 6.10 Å². The molecule has 1 saturated heterocycles. The van der Waals surface area contributed by atoms with E-state index in [-0.39, 0.29) is 12.0 Å². The summed E-state index contributed by atoms with van der Waals surface area (Å²) in [7, 11) is 1.68. The number of halogens is 1. The number of hydrogen-bond acceptors (Lipinski definition) is 3. The van der Waals surface area contributed by atoms with Gasteiger partial charge in [-0.2, -0.15) is 0 Å². The molecule has 1 aromatic rings. The number of rotatable bonds is 4. The summed E-state index contributed by atoms with van der Waals surface area (Å²) >= 11 is 3.36. The molecule has 0 aromatic heterocycles. The summed E-state index contributed by atoms with van der Waals surface area (Å²) in [5, 5.41) is 0. The van der Waals surface area contributed by atoms with Crippen LogP contribution >= 0.6 is 15.9 Å². The number of benzene rings is 1. The minimum atomic E-state index is -0.475. The van der Waals surface area contributed by atoms with Crippen LogP contribution in [0.25, 0.3) is 0 Å². The summed E-state index contributed by atoms with van der Waals surface area (Å²) in [6.07, 6.45) is 0.577. The topological polar surface area (TPSA) is 38.8 Å². The Morgan fingerprint density at radius 1 is 1.42 bits per heavy atom. The second kappa shape index (κ2) is 6.39. The molecule has 0 bridgehead atoms. The SMILES string of the molecule is COC1CCN(C(=O)C(C)Oc2ccc(Br)cc2)C1. The molecule has 1 aliphatic rings. The van der Waals surface area contributed by atoms with Crippen LogP contribution in [0.3, 0.4) is 0 Å². The molecule has 2 atom stereocenters. The van der Waals surface area contributed by atoms with E-state index in [0.29, 0.717) is 12.3 Å². The molecule has 5 heteroatoms. The van der Waals surface area contributed by atoms with Gasteiger partial charge in [0.2, 0.25) is 0 Å². The third kappa shape index (κ3) is 3.70. The molecule has 4 nitrogen and oxygen atoms in total. The lowest BCUT2D eigenvalue weighted by atomic mass is 10.3. The van der Waals surface area contributed by atoms with Crippen molar-refractivity contribution in [2.75, 3.05) is 20.2 Å². The normalized spacial score (nSPS) is 20.4. The Morgan fingerprint density at radius 2 is 2.11 bits per heavy atom. The Bertz CT molecular complexity index is 435. The standard InChI is InChI=1S/C14H18BrNO3/c1-10(19-12-5-3-11(15)4-6-12)14(17)16-8-7-13(9-16)18-2/h3-6,10,13H,7-9H2,1-2H3. The van der Waals surface area contributed by atoms with Crippen LogP contribution in [0.4, 0.5) is 0 Å². The smallest absolute Gasteiger partial charge is 0.263 e. The molecule has 2 unspecified atom stereocenters. The second-order valence-corrected chi connectivity index (χ2v) is 5.56. The Hall–Kier alpha value is -1.07. The average Bonchev–Trinajstić information content (AvgIpc) is 2.89. The van der Waals surface area contributed by atoms with E-state index in [2.05, 4.69) is 15.9 Å². The molecular formula is C14H18BrNO3. The van der Waals surface area contributed by atoms with Gasteiger partial charge >= 0.3 is 0 Å². The molecule has 0 saturated carbocycles. The number of likely N-dealkylation sites (tertiary alicyclic amines) is 1. The van der Waals surface area contributed by atoms with Crippen molar-refractivity contribution >= 4 is 21.8 Å². The number of hydrogen-bond donors (Lipinski definition) is 0. The van der Waals surface area contributed by atoms with Gasteiger partial charge < -0.3 is 14.4 Å². The number of carbonyl (C=O) groups is 1. The highest BCUT2D eigenvalue weighted by Crippen LogP contribution is 2.19. The summed E-state index contributed by atoms with van der Waals surface area (Å²) < 4.78 is 11.9. The molecule has 1 amide bonds. The van der Waals surface area contributed by atoms with Crippen molar-refractivity contribution in [2.24, 2.45) is 0 Å². The van der Waals surface area contributed by atoms with E-state index < -0.39 is 6.10 Å². The van der Waals surface area contributed by atoms with Crippen LogP contribution in [0.2, 0.25) is 0 Å². The predicted molar refractivity (Wildman–Crippen MR) is 76.2 cm³/mol. The van der Waals surface area contributed by atoms with Crippen LogP contribution in [0.5, 0.6) is 5.75 Å². The summed E-state index contributed by atoms with van der Waals surface area (Å²) in [4.78, 5) is 14.0. The van der Waals surface area contributed by atoms with Crippen molar-refractivity contribution in [3.05, 3.63) is 28.7 Å². The lowest BCUT2D eigenvalue weighted by Gasteiger charge is -2.21. The highest BCUT2D eigenvalue weighted by molar-refractivity contribution is 9.10. The lowest BCUT2D eigenvalue weighted by molar-refractivity contribution is -0.137. The number of methoxy groups -OCH3 is 1. The number of nitrogens with zero attached hydrogens (tertiary/aromatic N) is 1. The van der Waals surface area contributed by atoms with E-state index in [1.807, 2.05) is 24.3 Å². The van der Waals surface area contributed by atoms with Gasteiger partial charge in [0.15, 0.2) is 6.10 Å². The Kier molecular flexibility index (Phi) is 4.82. The first-order valence-corrected chi connectivity index (χ1v) is 7.13. The monoisotopic (exact) mass is 327 g/mol. The number of ether oxygens (including phenoxy) is 2. The van der Waals surface area contributed by atoms with Gasteiger partial charge in [-0.3, -0.25) is 4.79 Å². The highest BCUT2D eigenvalue weighted by atomic mass is 79.9. The molecule has 1 heterocycles. The molecule has 1 fully saturated rings. The van der Waals surface area contributed by atoms with Crippen molar-refractivity contribution in [3.63, 3.8) is 0 Å². The first-order valence-electron chi connectivity index (χ1n) is 6.34. The van der Waals surface area contributed by atoms with Gasteiger partial charge in [-0.15, -0.1) is 0 Å². The zero-order valence-corrected chi connectivity index (χ0v) is 12.7. The summed E-state index contributed by atoms with van der Waals surface area (Å²) in [5.41, 5.74) is 0. The molecule has 1 aliphatic heterocycles. The molecule has 0 radical (unpaired) electrons. The Morgan fingerprint density at radius 3 is 2.68 bits per heavy atom. The Labute approximate surface area is 121 Å². The molecule has 0 N–H and O–H groups in total. The predicted octanol–water partition coefficient (Wildman–Crippen LogP) is 2.46. The largest absolute Gasteiger partial charge is 0.481 e. The van der Waals surface area contributed by atoms with E-state index in [1.54, 1.807) is 18.9 Å². The number of carbonyl (C=O) groups excluding carboxylic acids is 1. The Balaban J connectivity index is 1.91. The maximum absolute atomic E-state index is 12.2. The maximum atomic E-state index is 12.2. The average molecular weight is 328 g/mol. The zero-order chi connectivity index (χ0) is 13.8. The van der Waals surface area contributed by atoms with Crippen molar-refractivity contribution in [2.45, 2.75) is 25.6 Å². The van der Waals surface area contributed by atoms with E-state index >= 15 is 0 Å². The molecule has 2 rings (SSSR count). The fourth-order valence-corrected chi connectivity index (χ4v) is 2.41. The third-order valence-corrected chi connectivity index (χ3v) is 3.79. The van der Waals surface area contributed by atoms with Crippen LogP contribution in [-0.2, 0) is 9.53 Å². The fourth-order valence-electron chi connectivity index (χ4n) is 2.15. The highest BCUT2D eigenvalue weighted by Gasteiger charge is 2.29. The molecule has 1 aromatic carbocycles. The minimum Gasteiger partial charge on any atom is -0.481 e. The van der Waals surface area contributed by atoms with Gasteiger partial charge in [0.25, 0.3) is 5.91 Å². The first kappa shape index (κ1) is 14.3. The van der Waals surface area contributed by atoms with Gasteiger partial charge in [-0.25, -0.2) is 0 Å². The lowest BCUT2D eigenvalue weighted by Crippen LogP contribution is -2.39. The second-order valence-electron chi connectivity index (χ2n) is 4.64. The summed E-state index contributed by atoms with van der Waals surface area (Å²) in [5.74, 6) is 0.717. The quantitative estimate of drug-likeness (QED) is 0.852. The van der Waals surface area contributed by atoms with E-state index in [1.165, 1.54) is 0 Å². The first-order chi connectivity index (χ1) is 9.10. The van der Waals surface area contributed by atoms with Crippen molar-refractivity contribution < 1.29 is 14.3 Å². The maximum Gasteiger partial charge on any atom is 0.263 e. The van der Waals surface area contributed by atoms with Crippen LogP contribution in [0, 0.1) is 0 Å². The van der Waals surface area contributed by atoms with Crippen molar-refractivity contribution in [3.8, 4) is 5.75 Å². The van der Waals surface area contributed by atoms with E-state index in [0.717, 1.165) is 17.4 Å². The van der Waals surface area contributed by atoms with E-state index in [4.69, 9.17) is 9.47 Å². The zero-order valence-electron chi connectivity index (χ0n) is 11.1. The van der Waals surface area contributed by atoms with Crippen LogP contribution in [0.15, 0.2) is 28.7 Å². The van der Waals surface area contributed by atoms with Crippen molar-refractivity contribution in [1.82, 2.24) is 4.90 Å². The minimum absolute atomic E-state index is 0.0162. The fraction of sp³-hybridized carbons (Fsp3) is 0.500. The van der Waals surface area contributed by atoms with Crippen molar-refractivity contribution in [1.29, 1.82) is 0 Å². The van der Waals surface area contributed by atoms with Gasteiger partial charge in [-0.05, 0) is 37.6 Å². The van der Waals surface area contributed by atoms with E-state index in [9.17, 15) is 4.79 Å². The van der Waals surface area contributed by atoms with Crippen LogP contribution < -0.4 is 4.74 Å². The molecule has 19 heavy (non-hydrogen) atoms. The number of amides is 1. The van der Waals surface area contributed by atoms with Crippen LogP contribution in [-0.4, -0.2) is 43.2 Å². The summed E-state index contributed by atoms with van der Waals surface area (Å²) in [6, 6.07) is 7.47. The van der Waals surface area contributed by atoms with Gasteiger partial charge in [0.1, 0.15) is 5.75 Å². The molecular weight excluding hydrogens is 310 g/mol. The van der Waals surface area contributed by atoms with Gasteiger partial charge in [0, 0.05) is 24.7 Å². The third-order valence-electron chi connectivity index (χ3n) is 3.26. The molecule has 0 aliphatic carbocycles. The van der Waals surface area contributed by atoms with Gasteiger partial charge in [-0.1, -0.05) is 15.9 Å².